The van der Waals surface area contributed by atoms with Crippen LogP contribution in [0, 0.1) is 10.8 Å². The minimum atomic E-state index is 0.0132. The highest BCUT2D eigenvalue weighted by atomic mass is 16.5. The molecule has 1 amide bonds. The Morgan fingerprint density at radius 1 is 1.17 bits per heavy atom. The summed E-state index contributed by atoms with van der Waals surface area (Å²) in [6, 6.07) is 15.5. The van der Waals surface area contributed by atoms with Crippen LogP contribution in [0.2, 0.25) is 0 Å². The van der Waals surface area contributed by atoms with Gasteiger partial charge in [-0.1, -0.05) is 13.0 Å². The highest BCUT2D eigenvalue weighted by Crippen LogP contribution is 2.44. The van der Waals surface area contributed by atoms with Crippen LogP contribution in [0.25, 0.3) is 11.3 Å². The number of rotatable bonds is 8. The average Bonchev–Trinajstić information content (AvgIpc) is 2.84. The van der Waals surface area contributed by atoms with Crippen LogP contribution in [0.15, 0.2) is 54.7 Å². The minimum absolute atomic E-state index is 0.0132. The molecule has 2 heterocycles. The number of benzene rings is 2. The van der Waals surface area contributed by atoms with E-state index in [1.54, 1.807) is 6.20 Å². The van der Waals surface area contributed by atoms with Gasteiger partial charge in [-0.3, -0.25) is 9.78 Å². The van der Waals surface area contributed by atoms with Gasteiger partial charge in [-0.25, -0.2) is 0 Å². The summed E-state index contributed by atoms with van der Waals surface area (Å²) in [5.41, 5.74) is 5.54. The van der Waals surface area contributed by atoms with E-state index in [1.165, 1.54) is 6.21 Å². The summed E-state index contributed by atoms with van der Waals surface area (Å²) in [6.07, 6.45) is 5.94. The van der Waals surface area contributed by atoms with Crippen molar-refractivity contribution in [1.82, 2.24) is 15.6 Å². The van der Waals surface area contributed by atoms with Crippen LogP contribution >= 0.6 is 0 Å². The van der Waals surface area contributed by atoms with Gasteiger partial charge in [0, 0.05) is 73.1 Å². The van der Waals surface area contributed by atoms with Crippen LogP contribution in [-0.2, 0) is 6.42 Å². The molecular weight excluding hydrogens is 438 g/mol. The maximum Gasteiger partial charge on any atom is 0.251 e. The van der Waals surface area contributed by atoms with Crippen molar-refractivity contribution in [3.8, 4) is 22.8 Å². The molecule has 1 saturated carbocycles. The third-order valence-electron chi connectivity index (χ3n) is 7.14. The molecule has 0 atom stereocenters. The third-order valence-corrected chi connectivity index (χ3v) is 7.14. The number of carbonyl (C=O) groups is 1. The van der Waals surface area contributed by atoms with Crippen molar-refractivity contribution < 1.29 is 9.53 Å². The second-order valence-electron chi connectivity index (χ2n) is 9.53. The van der Waals surface area contributed by atoms with E-state index in [0.29, 0.717) is 16.9 Å². The van der Waals surface area contributed by atoms with E-state index in [0.717, 1.165) is 66.0 Å². The summed E-state index contributed by atoms with van der Waals surface area (Å²) in [5.74, 6) is 1.36. The summed E-state index contributed by atoms with van der Waals surface area (Å²) in [5, 5.41) is 17.2. The van der Waals surface area contributed by atoms with Crippen molar-refractivity contribution in [2.45, 2.75) is 32.2 Å². The number of aryl methyl sites for hydroxylation is 1. The van der Waals surface area contributed by atoms with Crippen molar-refractivity contribution in [2.75, 3.05) is 25.5 Å². The summed E-state index contributed by atoms with van der Waals surface area (Å²) in [4.78, 5) is 17.5. The molecule has 1 aliphatic carbocycles. The van der Waals surface area contributed by atoms with Gasteiger partial charge in [0.1, 0.15) is 11.5 Å². The fraction of sp³-hybridized carbons (Fsp3) is 0.321. The fourth-order valence-electron chi connectivity index (χ4n) is 5.09. The Kier molecular flexibility index (Phi) is 6.26. The number of nitrogens with zero attached hydrogens (tertiary/aromatic N) is 1. The molecule has 3 aromatic rings. The SMILES string of the molecule is CCc1cc(-c2cc(Oc3ccc(C=N)c(NC)c3)ccn2)ccc1C(=O)NC1CC2(CNC2)C1. The first-order valence-corrected chi connectivity index (χ1v) is 12.1. The fourth-order valence-corrected chi connectivity index (χ4v) is 5.09. The van der Waals surface area contributed by atoms with Crippen molar-refractivity contribution >= 4 is 17.8 Å². The molecule has 35 heavy (non-hydrogen) atoms. The van der Waals surface area contributed by atoms with E-state index < -0.39 is 0 Å². The van der Waals surface area contributed by atoms with Crippen molar-refractivity contribution in [2.24, 2.45) is 5.41 Å². The van der Waals surface area contributed by atoms with Crippen molar-refractivity contribution in [1.29, 1.82) is 5.41 Å². The summed E-state index contributed by atoms with van der Waals surface area (Å²) in [6.45, 7) is 4.23. The maximum absolute atomic E-state index is 13.0. The first kappa shape index (κ1) is 23.1. The molecule has 5 rings (SSSR count). The number of hydrogen-bond donors (Lipinski definition) is 4. The largest absolute Gasteiger partial charge is 0.457 e. The van der Waals surface area contributed by atoms with Crippen molar-refractivity contribution in [3.05, 3.63) is 71.4 Å². The lowest BCUT2D eigenvalue weighted by atomic mass is 9.61. The summed E-state index contributed by atoms with van der Waals surface area (Å²) in [7, 11) is 1.82. The van der Waals surface area contributed by atoms with Gasteiger partial charge in [0.2, 0.25) is 0 Å². The van der Waals surface area contributed by atoms with E-state index in [4.69, 9.17) is 10.1 Å². The summed E-state index contributed by atoms with van der Waals surface area (Å²) < 4.78 is 6.07. The number of aromatic nitrogens is 1. The van der Waals surface area contributed by atoms with Crippen LogP contribution < -0.4 is 20.7 Å². The first-order valence-electron chi connectivity index (χ1n) is 12.1. The second kappa shape index (κ2) is 9.50. The molecule has 0 radical (unpaired) electrons. The minimum Gasteiger partial charge on any atom is -0.457 e. The highest BCUT2D eigenvalue weighted by Gasteiger charge is 2.48. The smallest absolute Gasteiger partial charge is 0.251 e. The number of carbonyl (C=O) groups excluding carboxylic acids is 1. The molecular formula is C28H31N5O2. The van der Waals surface area contributed by atoms with Gasteiger partial charge in [-0.05, 0) is 60.6 Å². The van der Waals surface area contributed by atoms with Crippen LogP contribution in [0.4, 0.5) is 5.69 Å². The molecule has 1 saturated heterocycles. The summed E-state index contributed by atoms with van der Waals surface area (Å²) >= 11 is 0. The Morgan fingerprint density at radius 3 is 2.66 bits per heavy atom. The van der Waals surface area contributed by atoms with Crippen LogP contribution in [0.1, 0.15) is 41.3 Å². The number of hydrogen-bond acceptors (Lipinski definition) is 6. The molecule has 1 aromatic heterocycles. The average molecular weight is 470 g/mol. The van der Waals surface area contributed by atoms with Gasteiger partial charge in [0.15, 0.2) is 0 Å². The molecule has 4 N–H and O–H groups in total. The lowest BCUT2D eigenvalue weighted by Crippen LogP contribution is -2.65. The standard InChI is InChI=1S/C28H31N5O2/c1-3-18-10-19(5-7-24(18)27(34)33-21-13-28(14-21)16-31-17-28)26-12-23(8-9-32-26)35-22-6-4-20(15-29)25(11-22)30-2/h4-12,15,21,29-31H,3,13-14,16-17H2,1-2H3,(H,33,34). The lowest BCUT2D eigenvalue weighted by molar-refractivity contribution is 0.0232. The Hall–Kier alpha value is -3.71. The molecule has 0 bridgehead atoms. The molecule has 2 aromatic carbocycles. The second-order valence-corrected chi connectivity index (χ2v) is 9.53. The van der Waals surface area contributed by atoms with E-state index >= 15 is 0 Å². The molecule has 7 heteroatoms. The van der Waals surface area contributed by atoms with Crippen molar-refractivity contribution in [3.63, 3.8) is 0 Å². The molecule has 180 valence electrons. The van der Waals surface area contributed by atoms with Crippen LogP contribution in [0.5, 0.6) is 11.5 Å². The Morgan fingerprint density at radius 2 is 1.97 bits per heavy atom. The zero-order valence-corrected chi connectivity index (χ0v) is 20.2. The van der Waals surface area contributed by atoms with Gasteiger partial charge in [0.05, 0.1) is 5.69 Å². The van der Waals surface area contributed by atoms with E-state index in [1.807, 2.05) is 49.5 Å². The first-order chi connectivity index (χ1) is 17.0. The number of ether oxygens (including phenoxy) is 1. The monoisotopic (exact) mass is 469 g/mol. The van der Waals surface area contributed by atoms with Gasteiger partial charge in [-0.2, -0.15) is 0 Å². The predicted octanol–water partition coefficient (Wildman–Crippen LogP) is 4.62. The predicted molar refractivity (Wildman–Crippen MR) is 139 cm³/mol. The number of nitrogens with one attached hydrogen (secondary N) is 4. The van der Waals surface area contributed by atoms with Crippen LogP contribution in [0.3, 0.4) is 0 Å². The molecule has 2 aliphatic rings. The molecule has 1 aliphatic heterocycles. The molecule has 0 unspecified atom stereocenters. The maximum atomic E-state index is 13.0. The lowest BCUT2D eigenvalue weighted by Gasteiger charge is -2.54. The molecule has 2 fully saturated rings. The van der Waals surface area contributed by atoms with E-state index in [-0.39, 0.29) is 11.9 Å². The Bertz CT molecular complexity index is 1260. The number of pyridine rings is 1. The van der Waals surface area contributed by atoms with Gasteiger partial charge >= 0.3 is 0 Å². The topological polar surface area (TPSA) is 99.1 Å². The Labute approximate surface area is 205 Å². The number of anilines is 1. The quantitative estimate of drug-likeness (QED) is 0.361. The molecule has 1 spiro atoms. The van der Waals surface area contributed by atoms with Gasteiger partial charge in [-0.15, -0.1) is 0 Å². The highest BCUT2D eigenvalue weighted by molar-refractivity contribution is 5.96. The third kappa shape index (κ3) is 4.64. The van der Waals surface area contributed by atoms with E-state index in [9.17, 15) is 4.79 Å². The number of amides is 1. The zero-order chi connectivity index (χ0) is 24.4. The van der Waals surface area contributed by atoms with E-state index in [2.05, 4.69) is 33.9 Å². The van der Waals surface area contributed by atoms with Gasteiger partial charge in [0.25, 0.3) is 5.91 Å². The van der Waals surface area contributed by atoms with Gasteiger partial charge < -0.3 is 26.1 Å². The van der Waals surface area contributed by atoms with Crippen LogP contribution in [-0.4, -0.2) is 43.3 Å². The molecule has 7 nitrogen and oxygen atoms in total. The Balaban J connectivity index is 1.31. The normalized spacial score (nSPS) is 16.2. The zero-order valence-electron chi connectivity index (χ0n) is 20.2.